The van der Waals surface area contributed by atoms with E-state index in [1.807, 2.05) is 13.8 Å². The van der Waals surface area contributed by atoms with Gasteiger partial charge in [0.1, 0.15) is 6.54 Å². The third-order valence-electron chi connectivity index (χ3n) is 5.67. The Morgan fingerprint density at radius 2 is 1.97 bits per heavy atom. The fourth-order valence-corrected chi connectivity index (χ4v) is 3.83. The number of amides is 1. The normalized spacial score (nSPS) is 11.1. The number of Topliss-reactive ketones (excluding diaryl/α,β-unsaturated/α-hetero) is 1. The van der Waals surface area contributed by atoms with Crippen LogP contribution in [0.5, 0.6) is 0 Å². The second-order valence-corrected chi connectivity index (χ2v) is 8.94. The highest BCUT2D eigenvalue weighted by molar-refractivity contribution is 5.96. The molecule has 0 fully saturated rings. The maximum Gasteiger partial charge on any atom is 0.294 e. The number of fused-ring (bicyclic) bond motifs is 1. The number of nitrogens with one attached hydrogen (secondary N) is 2. The summed E-state index contributed by atoms with van der Waals surface area (Å²) in [4.78, 5) is 53.3. The van der Waals surface area contributed by atoms with Gasteiger partial charge in [0.05, 0.1) is 22.2 Å². The molecule has 4 aromatic rings. The van der Waals surface area contributed by atoms with Crippen molar-refractivity contribution in [2.24, 2.45) is 0 Å². The molecule has 2 aromatic heterocycles. The summed E-state index contributed by atoms with van der Waals surface area (Å²) < 4.78 is 6.31. The van der Waals surface area contributed by atoms with E-state index in [4.69, 9.17) is 10.3 Å². The van der Waals surface area contributed by atoms with Gasteiger partial charge in [-0.3, -0.25) is 29.1 Å². The number of nitrogens with zero attached hydrogens (tertiary/aromatic N) is 4. The topological polar surface area (TPSA) is 188 Å². The van der Waals surface area contributed by atoms with Gasteiger partial charge in [0.15, 0.2) is 23.0 Å². The Bertz CT molecular complexity index is 1590. The molecule has 196 valence electrons. The summed E-state index contributed by atoms with van der Waals surface area (Å²) in [5, 5.41) is 21.5. The number of carbonyl (C=O) groups is 2. The number of rotatable bonds is 9. The quantitative estimate of drug-likeness (QED) is 0.168. The monoisotopic (exact) mass is 519 g/mol. The molecular weight excluding hydrogens is 494 g/mol. The standard InChI is InChI=1S/C25H25N7O6/c1-13(2)29-24-25(35)31(12-22(34)27-10-15-4-5-19-21(6-15)38-30-23(19)26)20(11-28-24)17-7-16(14(3)33)8-18(9-17)32(36)37/h4-9,11,13H,10,12H2,1-3H3,(H2,26,30)(H,27,34)(H,28,29). The molecule has 0 atom stereocenters. The third-order valence-corrected chi connectivity index (χ3v) is 5.67. The largest absolute Gasteiger partial charge is 0.380 e. The van der Waals surface area contributed by atoms with E-state index in [9.17, 15) is 24.5 Å². The number of nitrogen functional groups attached to an aromatic ring is 1. The molecule has 0 radical (unpaired) electrons. The SMILES string of the molecule is CC(=O)c1cc(-c2cnc(NC(C)C)c(=O)n2CC(=O)NCc2ccc3c(N)noc3c2)cc([N+](=O)[O-])c1. The number of carbonyl (C=O) groups excluding carboxylic acids is 2. The predicted molar refractivity (Wildman–Crippen MR) is 140 cm³/mol. The van der Waals surface area contributed by atoms with E-state index in [0.717, 1.165) is 16.2 Å². The number of non-ortho nitro benzene ring substituents is 1. The Kier molecular flexibility index (Phi) is 7.19. The molecule has 0 aliphatic rings. The maximum atomic E-state index is 13.3. The molecule has 0 aliphatic carbocycles. The number of benzene rings is 2. The van der Waals surface area contributed by atoms with Crippen molar-refractivity contribution in [1.29, 1.82) is 0 Å². The van der Waals surface area contributed by atoms with Gasteiger partial charge in [0.2, 0.25) is 5.91 Å². The Balaban J connectivity index is 1.68. The summed E-state index contributed by atoms with van der Waals surface area (Å²) >= 11 is 0. The number of aromatic nitrogens is 3. The Hall–Kier alpha value is -5.07. The first-order chi connectivity index (χ1) is 18.0. The lowest BCUT2D eigenvalue weighted by atomic mass is 10.0. The average Bonchev–Trinajstić information content (AvgIpc) is 3.24. The smallest absolute Gasteiger partial charge is 0.294 e. The van der Waals surface area contributed by atoms with Crippen LogP contribution < -0.4 is 21.9 Å². The maximum absolute atomic E-state index is 13.3. The zero-order valence-corrected chi connectivity index (χ0v) is 20.8. The van der Waals surface area contributed by atoms with Crippen molar-refractivity contribution in [3.8, 4) is 11.3 Å². The molecule has 4 rings (SSSR count). The van der Waals surface area contributed by atoms with Gasteiger partial charge in [-0.15, -0.1) is 0 Å². The van der Waals surface area contributed by atoms with E-state index in [1.54, 1.807) is 18.2 Å². The first kappa shape index (κ1) is 26.0. The summed E-state index contributed by atoms with van der Waals surface area (Å²) in [6.45, 7) is 4.66. The van der Waals surface area contributed by atoms with Crippen LogP contribution in [0.15, 0.2) is 51.9 Å². The molecule has 2 aromatic carbocycles. The number of nitrogens with two attached hydrogens (primary N) is 1. The molecule has 13 nitrogen and oxygen atoms in total. The minimum Gasteiger partial charge on any atom is -0.380 e. The van der Waals surface area contributed by atoms with Gasteiger partial charge in [-0.25, -0.2) is 4.98 Å². The molecule has 0 spiro atoms. The van der Waals surface area contributed by atoms with Crippen LogP contribution >= 0.6 is 0 Å². The summed E-state index contributed by atoms with van der Waals surface area (Å²) in [6, 6.07) is 8.87. The lowest BCUT2D eigenvalue weighted by Crippen LogP contribution is -2.35. The van der Waals surface area contributed by atoms with Gasteiger partial charge in [0.25, 0.3) is 11.2 Å². The first-order valence-electron chi connectivity index (χ1n) is 11.6. The highest BCUT2D eigenvalue weighted by Gasteiger charge is 2.19. The summed E-state index contributed by atoms with van der Waals surface area (Å²) in [7, 11) is 0. The van der Waals surface area contributed by atoms with Crippen molar-refractivity contribution < 1.29 is 19.0 Å². The van der Waals surface area contributed by atoms with E-state index >= 15 is 0 Å². The highest BCUT2D eigenvalue weighted by atomic mass is 16.6. The van der Waals surface area contributed by atoms with E-state index < -0.39 is 28.7 Å². The molecule has 38 heavy (non-hydrogen) atoms. The third kappa shape index (κ3) is 5.51. The van der Waals surface area contributed by atoms with Crippen molar-refractivity contribution in [1.82, 2.24) is 20.0 Å². The number of hydrogen-bond acceptors (Lipinski definition) is 10. The van der Waals surface area contributed by atoms with Crippen LogP contribution in [0.25, 0.3) is 22.2 Å². The number of nitro groups is 1. The van der Waals surface area contributed by atoms with Crippen LogP contribution in [0.4, 0.5) is 17.3 Å². The fourth-order valence-electron chi connectivity index (χ4n) is 3.83. The van der Waals surface area contributed by atoms with E-state index in [-0.39, 0.29) is 46.7 Å². The van der Waals surface area contributed by atoms with Crippen LogP contribution in [0.3, 0.4) is 0 Å². The minimum atomic E-state index is -0.633. The van der Waals surface area contributed by atoms with E-state index in [1.165, 1.54) is 25.3 Å². The Morgan fingerprint density at radius 3 is 2.66 bits per heavy atom. The molecule has 13 heteroatoms. The highest BCUT2D eigenvalue weighted by Crippen LogP contribution is 2.26. The second-order valence-electron chi connectivity index (χ2n) is 8.94. The summed E-state index contributed by atoms with van der Waals surface area (Å²) in [5.41, 5.74) is 6.43. The number of anilines is 2. The molecule has 0 aliphatic heterocycles. The Labute approximate surface area is 215 Å². The van der Waals surface area contributed by atoms with Gasteiger partial charge in [0, 0.05) is 35.8 Å². The van der Waals surface area contributed by atoms with Crippen molar-refractivity contribution in [2.75, 3.05) is 11.1 Å². The summed E-state index contributed by atoms with van der Waals surface area (Å²) in [6.07, 6.45) is 1.34. The molecule has 0 bridgehead atoms. The second kappa shape index (κ2) is 10.5. The molecule has 4 N–H and O–H groups in total. The fraction of sp³-hybridized carbons (Fsp3) is 0.240. The van der Waals surface area contributed by atoms with E-state index in [0.29, 0.717) is 11.0 Å². The zero-order valence-electron chi connectivity index (χ0n) is 20.8. The number of ketones is 1. The van der Waals surface area contributed by atoms with Crippen LogP contribution in [-0.4, -0.2) is 37.4 Å². The lowest BCUT2D eigenvalue weighted by molar-refractivity contribution is -0.384. The van der Waals surface area contributed by atoms with Gasteiger partial charge < -0.3 is 20.9 Å². The Morgan fingerprint density at radius 1 is 1.21 bits per heavy atom. The molecule has 0 saturated heterocycles. The zero-order chi connectivity index (χ0) is 27.6. The van der Waals surface area contributed by atoms with Gasteiger partial charge in [-0.1, -0.05) is 11.2 Å². The van der Waals surface area contributed by atoms with E-state index in [2.05, 4.69) is 20.8 Å². The van der Waals surface area contributed by atoms with Crippen LogP contribution in [0.1, 0.15) is 36.7 Å². The first-order valence-corrected chi connectivity index (χ1v) is 11.6. The minimum absolute atomic E-state index is 0.0159. The predicted octanol–water partition coefficient (Wildman–Crippen LogP) is 2.88. The van der Waals surface area contributed by atoms with Crippen molar-refractivity contribution in [2.45, 2.75) is 39.9 Å². The molecule has 0 unspecified atom stereocenters. The van der Waals surface area contributed by atoms with Crippen molar-refractivity contribution >= 4 is 40.0 Å². The number of hydrogen-bond donors (Lipinski definition) is 3. The molecule has 0 saturated carbocycles. The van der Waals surface area contributed by atoms with Crippen molar-refractivity contribution in [3.05, 3.63) is 74.2 Å². The molecular formula is C25H25N7O6. The summed E-state index contributed by atoms with van der Waals surface area (Å²) in [5.74, 6) is -0.607. The average molecular weight is 520 g/mol. The lowest BCUT2D eigenvalue weighted by Gasteiger charge is -2.16. The van der Waals surface area contributed by atoms with Crippen molar-refractivity contribution in [3.63, 3.8) is 0 Å². The van der Waals surface area contributed by atoms with Gasteiger partial charge in [-0.05, 0) is 44.5 Å². The van der Waals surface area contributed by atoms with Crippen LogP contribution in [0, 0.1) is 10.1 Å². The molecule has 2 heterocycles. The van der Waals surface area contributed by atoms with Crippen LogP contribution in [0.2, 0.25) is 0 Å². The van der Waals surface area contributed by atoms with Crippen LogP contribution in [-0.2, 0) is 17.9 Å². The molecule has 1 amide bonds. The van der Waals surface area contributed by atoms with Gasteiger partial charge >= 0.3 is 0 Å². The van der Waals surface area contributed by atoms with Gasteiger partial charge in [-0.2, -0.15) is 0 Å². The number of nitro benzene ring substituents is 1.